The van der Waals surface area contributed by atoms with E-state index in [1.54, 1.807) is 6.33 Å². The Morgan fingerprint density at radius 2 is 1.70 bits per heavy atom. The second-order valence-corrected chi connectivity index (χ2v) is 6.13. The van der Waals surface area contributed by atoms with Gasteiger partial charge in [0.2, 0.25) is 11.8 Å². The van der Waals surface area contributed by atoms with Gasteiger partial charge in [-0.25, -0.2) is 4.98 Å². The van der Waals surface area contributed by atoms with Crippen molar-refractivity contribution < 1.29 is 9.84 Å². The molecule has 0 saturated heterocycles. The van der Waals surface area contributed by atoms with Crippen LogP contribution in [0, 0.1) is 0 Å². The second-order valence-electron chi connectivity index (χ2n) is 6.13. The summed E-state index contributed by atoms with van der Waals surface area (Å²) in [6.07, 6.45) is 1.71. The summed E-state index contributed by atoms with van der Waals surface area (Å²) >= 11 is 0. The molecule has 0 atom stereocenters. The average molecular weight is 361 g/mol. The third kappa shape index (κ3) is 3.58. The molecule has 0 aliphatic heterocycles. The zero-order chi connectivity index (χ0) is 18.6. The molecule has 0 fully saturated rings. The lowest BCUT2D eigenvalue weighted by molar-refractivity contribution is 0.267. The van der Waals surface area contributed by atoms with Gasteiger partial charge in [0.25, 0.3) is 0 Å². The Balaban J connectivity index is 1.63. The summed E-state index contributed by atoms with van der Waals surface area (Å²) in [5, 5.41) is 9.46. The van der Waals surface area contributed by atoms with Crippen LogP contribution in [-0.2, 0) is 19.8 Å². The maximum atomic E-state index is 9.46. The summed E-state index contributed by atoms with van der Waals surface area (Å²) in [5.41, 5.74) is 9.89. The molecule has 27 heavy (non-hydrogen) atoms. The molecule has 0 aliphatic rings. The molecule has 7 heteroatoms. The van der Waals surface area contributed by atoms with Crippen molar-refractivity contribution >= 4 is 17.1 Å². The van der Waals surface area contributed by atoms with Crippen LogP contribution in [0.2, 0.25) is 0 Å². The van der Waals surface area contributed by atoms with E-state index in [4.69, 9.17) is 10.5 Å². The molecule has 0 amide bonds. The van der Waals surface area contributed by atoms with Crippen LogP contribution in [0.1, 0.15) is 16.7 Å². The van der Waals surface area contributed by atoms with Gasteiger partial charge >= 0.3 is 0 Å². The van der Waals surface area contributed by atoms with Gasteiger partial charge in [-0.15, -0.1) is 0 Å². The zero-order valence-electron chi connectivity index (χ0n) is 14.6. The van der Waals surface area contributed by atoms with Crippen molar-refractivity contribution in [1.29, 1.82) is 0 Å². The fourth-order valence-electron chi connectivity index (χ4n) is 2.93. The topological polar surface area (TPSA) is 99.1 Å². The number of rotatable bonds is 6. The van der Waals surface area contributed by atoms with Crippen LogP contribution in [0.5, 0.6) is 5.88 Å². The number of nitrogens with two attached hydrogens (primary N) is 1. The Kier molecular flexibility index (Phi) is 4.67. The largest absolute Gasteiger partial charge is 0.471 e. The van der Waals surface area contributed by atoms with Crippen LogP contribution < -0.4 is 10.5 Å². The minimum absolute atomic E-state index is 0.0490. The standard InChI is InChI=1S/C20H19N5O2/c21-20-23-18-17(22-13-25(18)10-14-6-2-1-3-7-14)19(24-20)27-12-16-9-5-4-8-15(16)11-26/h1-9,13,26H,10-12H2,(H2,21,23,24). The lowest BCUT2D eigenvalue weighted by Gasteiger charge is -2.10. The van der Waals surface area contributed by atoms with Crippen molar-refractivity contribution in [3.8, 4) is 5.88 Å². The molecule has 0 radical (unpaired) electrons. The highest BCUT2D eigenvalue weighted by molar-refractivity contribution is 5.77. The van der Waals surface area contributed by atoms with Crippen LogP contribution in [-0.4, -0.2) is 24.6 Å². The molecule has 7 nitrogen and oxygen atoms in total. The number of anilines is 1. The first-order valence-electron chi connectivity index (χ1n) is 8.57. The van der Waals surface area contributed by atoms with E-state index in [2.05, 4.69) is 15.0 Å². The normalized spacial score (nSPS) is 11.0. The molecule has 0 bridgehead atoms. The van der Waals surface area contributed by atoms with Crippen LogP contribution in [0.15, 0.2) is 60.9 Å². The molecule has 4 rings (SSSR count). The van der Waals surface area contributed by atoms with E-state index in [9.17, 15) is 5.11 Å². The van der Waals surface area contributed by atoms with Crippen molar-refractivity contribution in [3.05, 3.63) is 77.6 Å². The Morgan fingerprint density at radius 1 is 0.963 bits per heavy atom. The van der Waals surface area contributed by atoms with E-state index in [0.717, 1.165) is 16.7 Å². The molecule has 2 aromatic heterocycles. The monoisotopic (exact) mass is 361 g/mol. The number of hydrogen-bond donors (Lipinski definition) is 2. The third-order valence-corrected chi connectivity index (χ3v) is 4.30. The average Bonchev–Trinajstić information content (AvgIpc) is 3.09. The summed E-state index contributed by atoms with van der Waals surface area (Å²) in [5.74, 6) is 0.458. The van der Waals surface area contributed by atoms with Crippen molar-refractivity contribution in [2.45, 2.75) is 19.8 Å². The van der Waals surface area contributed by atoms with Crippen molar-refractivity contribution in [2.75, 3.05) is 5.73 Å². The van der Waals surface area contributed by atoms with E-state index in [-0.39, 0.29) is 19.2 Å². The number of imidazole rings is 1. The van der Waals surface area contributed by atoms with E-state index in [1.165, 1.54) is 0 Å². The number of benzene rings is 2. The number of ether oxygens (including phenoxy) is 1. The van der Waals surface area contributed by atoms with Crippen LogP contribution in [0.4, 0.5) is 5.95 Å². The second kappa shape index (κ2) is 7.43. The highest BCUT2D eigenvalue weighted by Crippen LogP contribution is 2.24. The Morgan fingerprint density at radius 3 is 2.48 bits per heavy atom. The smallest absolute Gasteiger partial charge is 0.247 e. The lowest BCUT2D eigenvalue weighted by Crippen LogP contribution is -2.06. The summed E-state index contributed by atoms with van der Waals surface area (Å²) in [6, 6.07) is 17.6. The van der Waals surface area contributed by atoms with Crippen molar-refractivity contribution in [1.82, 2.24) is 19.5 Å². The molecule has 2 aromatic carbocycles. The van der Waals surface area contributed by atoms with Crippen LogP contribution in [0.25, 0.3) is 11.2 Å². The van der Waals surface area contributed by atoms with Crippen LogP contribution in [0.3, 0.4) is 0 Å². The van der Waals surface area contributed by atoms with Gasteiger partial charge in [-0.2, -0.15) is 9.97 Å². The maximum absolute atomic E-state index is 9.46. The highest BCUT2D eigenvalue weighted by Gasteiger charge is 2.14. The molecular formula is C20H19N5O2. The molecule has 0 aliphatic carbocycles. The summed E-state index contributed by atoms with van der Waals surface area (Å²) in [7, 11) is 0. The number of hydrogen-bond acceptors (Lipinski definition) is 6. The van der Waals surface area contributed by atoms with E-state index >= 15 is 0 Å². The number of nitrogen functional groups attached to an aromatic ring is 1. The first-order chi connectivity index (χ1) is 13.2. The van der Waals surface area contributed by atoms with Gasteiger partial charge in [-0.05, 0) is 16.7 Å². The van der Waals surface area contributed by atoms with Gasteiger partial charge in [-0.1, -0.05) is 54.6 Å². The van der Waals surface area contributed by atoms with Gasteiger partial charge in [0.15, 0.2) is 11.2 Å². The summed E-state index contributed by atoms with van der Waals surface area (Å²) in [6.45, 7) is 0.834. The molecule has 4 aromatic rings. The van der Waals surface area contributed by atoms with E-state index < -0.39 is 0 Å². The van der Waals surface area contributed by atoms with Crippen LogP contribution >= 0.6 is 0 Å². The minimum atomic E-state index is -0.0490. The molecule has 136 valence electrons. The van der Waals surface area contributed by atoms with E-state index in [0.29, 0.717) is 23.6 Å². The van der Waals surface area contributed by atoms with Gasteiger partial charge in [0.1, 0.15) is 6.61 Å². The Bertz CT molecular complexity index is 1060. The molecular weight excluding hydrogens is 342 g/mol. The molecule has 0 saturated carbocycles. The van der Waals surface area contributed by atoms with Gasteiger partial charge < -0.3 is 20.1 Å². The van der Waals surface area contributed by atoms with Gasteiger partial charge in [-0.3, -0.25) is 0 Å². The minimum Gasteiger partial charge on any atom is -0.471 e. The highest BCUT2D eigenvalue weighted by atomic mass is 16.5. The van der Waals surface area contributed by atoms with Crippen molar-refractivity contribution in [3.63, 3.8) is 0 Å². The molecule has 0 spiro atoms. The Hall–Kier alpha value is -3.45. The van der Waals surface area contributed by atoms with E-state index in [1.807, 2.05) is 59.2 Å². The molecule has 2 heterocycles. The fraction of sp³-hybridized carbons (Fsp3) is 0.150. The number of fused-ring (bicyclic) bond motifs is 1. The summed E-state index contributed by atoms with van der Waals surface area (Å²) < 4.78 is 7.79. The first-order valence-corrected chi connectivity index (χ1v) is 8.57. The quantitative estimate of drug-likeness (QED) is 0.547. The number of aliphatic hydroxyl groups is 1. The molecule has 3 N–H and O–H groups in total. The predicted molar refractivity (Wildman–Crippen MR) is 102 cm³/mol. The number of aliphatic hydroxyl groups excluding tert-OH is 1. The molecule has 0 unspecified atom stereocenters. The SMILES string of the molecule is Nc1nc(OCc2ccccc2CO)c2ncn(Cc3ccccc3)c2n1. The zero-order valence-corrected chi connectivity index (χ0v) is 14.6. The van der Waals surface area contributed by atoms with Gasteiger partial charge in [0.05, 0.1) is 19.5 Å². The Labute approximate surface area is 156 Å². The first kappa shape index (κ1) is 17.0. The fourth-order valence-corrected chi connectivity index (χ4v) is 2.93. The number of nitrogens with zero attached hydrogens (tertiary/aromatic N) is 4. The predicted octanol–water partition coefficient (Wildman–Crippen LogP) is 2.53. The van der Waals surface area contributed by atoms with Gasteiger partial charge in [0, 0.05) is 0 Å². The third-order valence-electron chi connectivity index (χ3n) is 4.30. The number of aromatic nitrogens is 4. The summed E-state index contributed by atoms with van der Waals surface area (Å²) in [4.78, 5) is 12.9. The van der Waals surface area contributed by atoms with Crippen molar-refractivity contribution in [2.24, 2.45) is 0 Å². The maximum Gasteiger partial charge on any atom is 0.247 e. The lowest BCUT2D eigenvalue weighted by atomic mass is 10.1.